The zero-order chi connectivity index (χ0) is 23.5. The van der Waals surface area contributed by atoms with Gasteiger partial charge in [0.05, 0.1) is 11.8 Å². The second-order valence-corrected chi connectivity index (χ2v) is 8.43. The van der Waals surface area contributed by atoms with Crippen LogP contribution in [-0.2, 0) is 11.2 Å². The van der Waals surface area contributed by atoms with E-state index in [1.165, 1.54) is 11.8 Å². The Morgan fingerprint density at radius 3 is 2.36 bits per heavy atom. The molecule has 3 aromatic carbocycles. The number of ether oxygens (including phenoxy) is 2. The number of carbonyl (C=O) groups excluding carboxylic acids is 2. The summed E-state index contributed by atoms with van der Waals surface area (Å²) in [5.41, 5.74) is 4.95. The number of nitrogens with zero attached hydrogens (tertiary/aromatic N) is 1. The van der Waals surface area contributed by atoms with Crippen molar-refractivity contribution in [2.45, 2.75) is 26.2 Å². The van der Waals surface area contributed by atoms with E-state index in [-0.39, 0.29) is 12.5 Å². The van der Waals surface area contributed by atoms with Crippen molar-refractivity contribution in [3.05, 3.63) is 93.1 Å². The van der Waals surface area contributed by atoms with Crippen LogP contribution in [-0.4, -0.2) is 24.7 Å². The van der Waals surface area contributed by atoms with Gasteiger partial charge in [-0.05, 0) is 95.1 Å². The van der Waals surface area contributed by atoms with Gasteiger partial charge in [0.2, 0.25) is 0 Å². The fraction of sp³-hybridized carbons (Fsp3) is 0.192. The maximum Gasteiger partial charge on any atom is 0.344 e. The van der Waals surface area contributed by atoms with Crippen LogP contribution in [0, 0.1) is 3.57 Å². The minimum atomic E-state index is -0.413. The Hall–Kier alpha value is -3.20. The largest absolute Gasteiger partial charge is 0.484 e. The maximum atomic E-state index is 12.3. The van der Waals surface area contributed by atoms with E-state index in [9.17, 15) is 9.59 Å². The van der Waals surface area contributed by atoms with Gasteiger partial charge < -0.3 is 9.47 Å². The van der Waals surface area contributed by atoms with Gasteiger partial charge in [0.1, 0.15) is 11.5 Å². The Labute approximate surface area is 207 Å². The molecule has 0 saturated heterocycles. The van der Waals surface area contributed by atoms with Crippen molar-refractivity contribution in [3.63, 3.8) is 0 Å². The average Bonchev–Trinajstić information content (AvgIpc) is 2.83. The molecule has 0 unspecified atom stereocenters. The number of carbonyl (C=O) groups is 2. The van der Waals surface area contributed by atoms with Gasteiger partial charge in [-0.15, -0.1) is 0 Å². The monoisotopic (exact) mass is 556 g/mol. The van der Waals surface area contributed by atoms with Crippen LogP contribution < -0.4 is 14.9 Å². The minimum Gasteiger partial charge on any atom is -0.484 e. The van der Waals surface area contributed by atoms with E-state index in [4.69, 9.17) is 9.47 Å². The summed E-state index contributed by atoms with van der Waals surface area (Å²) in [5, 5.41) is 3.94. The molecule has 6 nitrogen and oxygen atoms in total. The molecule has 170 valence electrons. The Kier molecular flexibility index (Phi) is 9.44. The lowest BCUT2D eigenvalue weighted by Crippen LogP contribution is -2.24. The molecule has 0 heterocycles. The molecular weight excluding hydrogens is 531 g/mol. The predicted octanol–water partition coefficient (Wildman–Crippen LogP) is 5.38. The molecule has 0 bridgehead atoms. The van der Waals surface area contributed by atoms with Crippen LogP contribution in [0.1, 0.15) is 41.3 Å². The lowest BCUT2D eigenvalue weighted by molar-refractivity contribution is -0.123. The molecule has 0 saturated carbocycles. The summed E-state index contributed by atoms with van der Waals surface area (Å²) in [5.74, 6) is 0.299. The van der Waals surface area contributed by atoms with Gasteiger partial charge in [0, 0.05) is 3.57 Å². The molecule has 0 radical (unpaired) electrons. The third-order valence-corrected chi connectivity index (χ3v) is 5.64. The van der Waals surface area contributed by atoms with Gasteiger partial charge >= 0.3 is 5.97 Å². The molecule has 0 fully saturated rings. The van der Waals surface area contributed by atoms with E-state index < -0.39 is 5.97 Å². The first-order valence-corrected chi connectivity index (χ1v) is 11.7. The Balaban J connectivity index is 1.43. The molecule has 0 aliphatic heterocycles. The summed E-state index contributed by atoms with van der Waals surface area (Å²) in [7, 11) is 0. The summed E-state index contributed by atoms with van der Waals surface area (Å²) in [6.45, 7) is 2.04. The second kappa shape index (κ2) is 12.7. The Morgan fingerprint density at radius 2 is 1.67 bits per heavy atom. The molecular formula is C26H25IN2O4. The van der Waals surface area contributed by atoms with Crippen molar-refractivity contribution in [3.8, 4) is 11.5 Å². The first kappa shape index (κ1) is 24.4. The van der Waals surface area contributed by atoms with Crippen LogP contribution in [0.5, 0.6) is 11.5 Å². The van der Waals surface area contributed by atoms with Crippen molar-refractivity contribution in [2.75, 3.05) is 6.61 Å². The van der Waals surface area contributed by atoms with Crippen molar-refractivity contribution in [2.24, 2.45) is 5.10 Å². The number of unbranched alkanes of at least 4 members (excludes halogenated alkanes) is 1. The van der Waals surface area contributed by atoms with Crippen LogP contribution >= 0.6 is 22.6 Å². The molecule has 0 atom stereocenters. The van der Waals surface area contributed by atoms with Crippen molar-refractivity contribution in [1.82, 2.24) is 5.43 Å². The molecule has 0 aliphatic carbocycles. The number of hydrogen-bond acceptors (Lipinski definition) is 5. The van der Waals surface area contributed by atoms with Crippen molar-refractivity contribution in [1.29, 1.82) is 0 Å². The van der Waals surface area contributed by atoms with Crippen LogP contribution in [0.25, 0.3) is 0 Å². The molecule has 1 N–H and O–H groups in total. The number of rotatable bonds is 10. The normalized spacial score (nSPS) is 10.7. The number of nitrogens with one attached hydrogen (secondary N) is 1. The first-order valence-electron chi connectivity index (χ1n) is 10.7. The number of hydrogen-bond donors (Lipinski definition) is 1. The topological polar surface area (TPSA) is 77.0 Å². The summed E-state index contributed by atoms with van der Waals surface area (Å²) in [6, 6.07) is 21.8. The molecule has 0 aliphatic rings. The molecule has 3 aromatic rings. The van der Waals surface area contributed by atoms with Gasteiger partial charge in [-0.1, -0.05) is 37.6 Å². The summed E-state index contributed by atoms with van der Waals surface area (Å²) in [6.07, 6.45) is 4.86. The number of hydrazone groups is 1. The van der Waals surface area contributed by atoms with Crippen molar-refractivity contribution >= 4 is 40.7 Å². The van der Waals surface area contributed by atoms with E-state index in [2.05, 4.69) is 40.0 Å². The van der Waals surface area contributed by atoms with E-state index in [0.29, 0.717) is 17.1 Å². The fourth-order valence-corrected chi connectivity index (χ4v) is 3.51. The first-order chi connectivity index (χ1) is 16.0. The van der Waals surface area contributed by atoms with Crippen LogP contribution in [0.4, 0.5) is 0 Å². The summed E-state index contributed by atoms with van der Waals surface area (Å²) >= 11 is 2.10. The minimum absolute atomic E-state index is 0.126. The SMILES string of the molecule is CCCCc1ccc(OCC(=O)N/N=C/c2ccc(OC(=O)c3ccccc3I)cc2)cc1. The van der Waals surface area contributed by atoms with Gasteiger partial charge in [-0.3, -0.25) is 4.79 Å². The predicted molar refractivity (Wildman–Crippen MR) is 137 cm³/mol. The second-order valence-electron chi connectivity index (χ2n) is 7.27. The standard InChI is InChI=1S/C26H25IN2O4/c1-2-3-6-19-9-13-21(14-10-19)32-18-25(30)29-28-17-20-11-15-22(16-12-20)33-26(31)23-7-4-5-8-24(23)27/h4-5,7-17H,2-3,6,18H2,1H3,(H,29,30)/b28-17+. The maximum absolute atomic E-state index is 12.3. The lowest BCUT2D eigenvalue weighted by atomic mass is 10.1. The van der Waals surface area contributed by atoms with E-state index in [1.54, 1.807) is 36.4 Å². The molecule has 3 rings (SSSR count). The zero-order valence-corrected chi connectivity index (χ0v) is 20.4. The third kappa shape index (κ3) is 8.02. The molecule has 0 spiro atoms. The van der Waals surface area contributed by atoms with Crippen molar-refractivity contribution < 1.29 is 19.1 Å². The summed E-state index contributed by atoms with van der Waals surface area (Å²) in [4.78, 5) is 24.2. The lowest BCUT2D eigenvalue weighted by Gasteiger charge is -2.06. The average molecular weight is 556 g/mol. The summed E-state index contributed by atoms with van der Waals surface area (Å²) < 4.78 is 11.7. The van der Waals surface area contributed by atoms with E-state index >= 15 is 0 Å². The van der Waals surface area contributed by atoms with Gasteiger partial charge in [0.15, 0.2) is 6.61 Å². The Morgan fingerprint density at radius 1 is 0.970 bits per heavy atom. The number of halogens is 1. The number of aryl methyl sites for hydroxylation is 1. The Bertz CT molecular complexity index is 1100. The number of benzene rings is 3. The van der Waals surface area contributed by atoms with E-state index in [1.807, 2.05) is 36.4 Å². The number of amides is 1. The highest BCUT2D eigenvalue weighted by atomic mass is 127. The van der Waals surface area contributed by atoms with Gasteiger partial charge in [-0.2, -0.15) is 5.10 Å². The molecule has 7 heteroatoms. The van der Waals surface area contributed by atoms with Crippen LogP contribution in [0.15, 0.2) is 77.9 Å². The highest BCUT2D eigenvalue weighted by Crippen LogP contribution is 2.17. The molecule has 0 aromatic heterocycles. The van der Waals surface area contributed by atoms with Gasteiger partial charge in [-0.25, -0.2) is 10.2 Å². The quantitative estimate of drug-likeness (QED) is 0.120. The number of esters is 1. The third-order valence-electron chi connectivity index (χ3n) is 4.70. The van der Waals surface area contributed by atoms with Gasteiger partial charge in [0.25, 0.3) is 5.91 Å². The highest BCUT2D eigenvalue weighted by Gasteiger charge is 2.11. The smallest absolute Gasteiger partial charge is 0.344 e. The zero-order valence-electron chi connectivity index (χ0n) is 18.3. The van der Waals surface area contributed by atoms with Crippen LogP contribution in [0.2, 0.25) is 0 Å². The highest BCUT2D eigenvalue weighted by molar-refractivity contribution is 14.1. The van der Waals surface area contributed by atoms with E-state index in [0.717, 1.165) is 28.4 Å². The molecule has 33 heavy (non-hydrogen) atoms. The van der Waals surface area contributed by atoms with Crippen LogP contribution in [0.3, 0.4) is 0 Å². The molecule has 1 amide bonds. The fourth-order valence-electron chi connectivity index (χ4n) is 2.90.